The van der Waals surface area contributed by atoms with E-state index in [4.69, 9.17) is 11.6 Å². The number of aliphatic hydroxyl groups excluding tert-OH is 1. The maximum atomic E-state index is 12.6. The Labute approximate surface area is 119 Å². The molecule has 1 fully saturated rings. The number of likely N-dealkylation sites (tertiary alicyclic amines) is 1. The molecule has 1 aliphatic rings. The summed E-state index contributed by atoms with van der Waals surface area (Å²) in [7, 11) is 0. The predicted octanol–water partition coefficient (Wildman–Crippen LogP) is 3.03. The third-order valence-corrected chi connectivity index (χ3v) is 4.00. The predicted molar refractivity (Wildman–Crippen MR) is 76.6 cm³/mol. The summed E-state index contributed by atoms with van der Waals surface area (Å²) in [5.74, 6) is 0.00937. The molecule has 1 saturated heterocycles. The molecule has 1 heterocycles. The van der Waals surface area contributed by atoms with Gasteiger partial charge in [-0.2, -0.15) is 0 Å². The zero-order chi connectivity index (χ0) is 13.8. The number of carbonyl (C=O) groups excluding carboxylic acids is 1. The van der Waals surface area contributed by atoms with Gasteiger partial charge in [0.05, 0.1) is 12.6 Å². The summed E-state index contributed by atoms with van der Waals surface area (Å²) < 4.78 is 0. The number of rotatable bonds is 2. The highest BCUT2D eigenvalue weighted by molar-refractivity contribution is 6.30. The quantitative estimate of drug-likeness (QED) is 0.905. The molecule has 0 aliphatic carbocycles. The lowest BCUT2D eigenvalue weighted by Crippen LogP contribution is -2.42. The van der Waals surface area contributed by atoms with Gasteiger partial charge in [-0.15, -0.1) is 0 Å². The molecular formula is C15H20ClNO2. The maximum Gasteiger partial charge on any atom is 0.254 e. The van der Waals surface area contributed by atoms with Crippen molar-refractivity contribution in [1.29, 1.82) is 0 Å². The Morgan fingerprint density at radius 1 is 1.42 bits per heavy atom. The van der Waals surface area contributed by atoms with Crippen molar-refractivity contribution >= 4 is 17.5 Å². The van der Waals surface area contributed by atoms with Crippen molar-refractivity contribution in [2.75, 3.05) is 13.2 Å². The van der Waals surface area contributed by atoms with Gasteiger partial charge < -0.3 is 10.0 Å². The first kappa shape index (κ1) is 14.4. The Morgan fingerprint density at radius 3 is 2.89 bits per heavy atom. The summed E-state index contributed by atoms with van der Waals surface area (Å²) >= 11 is 5.92. The smallest absolute Gasteiger partial charge is 0.254 e. The Hall–Kier alpha value is -1.06. The molecule has 2 rings (SSSR count). The van der Waals surface area contributed by atoms with Gasteiger partial charge >= 0.3 is 0 Å². The minimum Gasteiger partial charge on any atom is -0.394 e. The van der Waals surface area contributed by atoms with Gasteiger partial charge in [0.2, 0.25) is 0 Å². The van der Waals surface area contributed by atoms with E-state index in [1.165, 1.54) is 0 Å². The van der Waals surface area contributed by atoms with Crippen LogP contribution in [-0.2, 0) is 0 Å². The second-order valence-corrected chi connectivity index (χ2v) is 5.58. The van der Waals surface area contributed by atoms with Crippen LogP contribution in [0.25, 0.3) is 0 Å². The van der Waals surface area contributed by atoms with Gasteiger partial charge in [-0.05, 0) is 43.5 Å². The van der Waals surface area contributed by atoms with Crippen molar-refractivity contribution < 1.29 is 9.90 Å². The molecule has 0 spiro atoms. The first-order valence-corrected chi connectivity index (χ1v) is 7.19. The first-order chi connectivity index (χ1) is 9.13. The van der Waals surface area contributed by atoms with E-state index in [0.29, 0.717) is 10.6 Å². The number of aryl methyl sites for hydroxylation is 1. The van der Waals surface area contributed by atoms with E-state index < -0.39 is 0 Å². The zero-order valence-corrected chi connectivity index (χ0v) is 12.0. The molecule has 1 unspecified atom stereocenters. The SMILES string of the molecule is Cc1cc(Cl)ccc1C(=O)N1CCCCCC1CO. The van der Waals surface area contributed by atoms with Crippen LogP contribution in [0.5, 0.6) is 0 Å². The van der Waals surface area contributed by atoms with Gasteiger partial charge in [0, 0.05) is 17.1 Å². The largest absolute Gasteiger partial charge is 0.394 e. The number of halogens is 1. The number of amides is 1. The van der Waals surface area contributed by atoms with Gasteiger partial charge in [0.15, 0.2) is 0 Å². The minimum atomic E-state index is -0.0509. The van der Waals surface area contributed by atoms with Crippen LogP contribution in [0.1, 0.15) is 41.6 Å². The Balaban J connectivity index is 2.25. The van der Waals surface area contributed by atoms with Gasteiger partial charge in [-0.1, -0.05) is 24.4 Å². The third kappa shape index (κ3) is 3.28. The highest BCUT2D eigenvalue weighted by atomic mass is 35.5. The van der Waals surface area contributed by atoms with Crippen LogP contribution in [0.2, 0.25) is 5.02 Å². The highest BCUT2D eigenvalue weighted by Gasteiger charge is 2.26. The van der Waals surface area contributed by atoms with Crippen molar-refractivity contribution in [2.24, 2.45) is 0 Å². The first-order valence-electron chi connectivity index (χ1n) is 6.81. The van der Waals surface area contributed by atoms with Crippen LogP contribution in [0.15, 0.2) is 18.2 Å². The van der Waals surface area contributed by atoms with Crippen LogP contribution >= 0.6 is 11.6 Å². The minimum absolute atomic E-state index is 0.00937. The van der Waals surface area contributed by atoms with Crippen LogP contribution < -0.4 is 0 Å². The lowest BCUT2D eigenvalue weighted by Gasteiger charge is -2.29. The molecule has 1 atom stereocenters. The standard InChI is InChI=1S/C15H20ClNO2/c1-11-9-12(16)6-7-14(11)15(19)17-8-4-2-3-5-13(17)10-18/h6-7,9,13,18H,2-5,8,10H2,1H3. The lowest BCUT2D eigenvalue weighted by molar-refractivity contribution is 0.0599. The molecule has 104 valence electrons. The molecule has 1 aromatic carbocycles. The average Bonchev–Trinajstić information content (AvgIpc) is 2.63. The van der Waals surface area contributed by atoms with E-state index in [2.05, 4.69) is 0 Å². The van der Waals surface area contributed by atoms with Crippen LogP contribution in [0.4, 0.5) is 0 Å². The lowest BCUT2D eigenvalue weighted by atomic mass is 10.1. The van der Waals surface area contributed by atoms with Crippen LogP contribution in [-0.4, -0.2) is 35.1 Å². The van der Waals surface area contributed by atoms with Crippen molar-refractivity contribution in [3.05, 3.63) is 34.3 Å². The normalized spacial score (nSPS) is 20.2. The average molecular weight is 282 g/mol. The van der Waals surface area contributed by atoms with Crippen molar-refractivity contribution in [3.8, 4) is 0 Å². The molecule has 1 aromatic rings. The maximum absolute atomic E-state index is 12.6. The summed E-state index contributed by atoms with van der Waals surface area (Å²) in [6.07, 6.45) is 4.10. The second kappa shape index (κ2) is 6.40. The molecule has 0 aromatic heterocycles. The van der Waals surface area contributed by atoms with Crippen LogP contribution in [0, 0.1) is 6.92 Å². The van der Waals surface area contributed by atoms with Gasteiger partial charge in [0.1, 0.15) is 0 Å². The van der Waals surface area contributed by atoms with E-state index >= 15 is 0 Å². The fraction of sp³-hybridized carbons (Fsp3) is 0.533. The molecule has 19 heavy (non-hydrogen) atoms. The number of hydrogen-bond acceptors (Lipinski definition) is 2. The molecule has 0 saturated carbocycles. The Morgan fingerprint density at radius 2 is 2.21 bits per heavy atom. The highest BCUT2D eigenvalue weighted by Crippen LogP contribution is 2.22. The summed E-state index contributed by atoms with van der Waals surface area (Å²) in [6.45, 7) is 2.66. The summed E-state index contributed by atoms with van der Waals surface area (Å²) in [5.41, 5.74) is 1.57. The number of hydrogen-bond donors (Lipinski definition) is 1. The summed E-state index contributed by atoms with van der Waals surface area (Å²) in [4.78, 5) is 14.4. The Kier molecular flexibility index (Phi) is 4.83. The number of carbonyl (C=O) groups is 1. The Bertz CT molecular complexity index is 461. The number of nitrogens with zero attached hydrogens (tertiary/aromatic N) is 1. The fourth-order valence-electron chi connectivity index (χ4n) is 2.66. The molecule has 1 amide bonds. The van der Waals surface area contributed by atoms with Gasteiger partial charge in [-0.25, -0.2) is 0 Å². The van der Waals surface area contributed by atoms with E-state index in [1.54, 1.807) is 18.2 Å². The van der Waals surface area contributed by atoms with Gasteiger partial charge in [-0.3, -0.25) is 4.79 Å². The van der Waals surface area contributed by atoms with E-state index in [0.717, 1.165) is 37.8 Å². The van der Waals surface area contributed by atoms with E-state index in [9.17, 15) is 9.90 Å². The topological polar surface area (TPSA) is 40.5 Å². The van der Waals surface area contributed by atoms with E-state index in [-0.39, 0.29) is 18.6 Å². The van der Waals surface area contributed by atoms with E-state index in [1.807, 2.05) is 11.8 Å². The molecular weight excluding hydrogens is 262 g/mol. The van der Waals surface area contributed by atoms with Crippen molar-refractivity contribution in [1.82, 2.24) is 4.90 Å². The molecule has 0 bridgehead atoms. The molecule has 3 nitrogen and oxygen atoms in total. The zero-order valence-electron chi connectivity index (χ0n) is 11.2. The number of aliphatic hydroxyl groups is 1. The van der Waals surface area contributed by atoms with Gasteiger partial charge in [0.25, 0.3) is 5.91 Å². The van der Waals surface area contributed by atoms with Crippen molar-refractivity contribution in [2.45, 2.75) is 38.6 Å². The van der Waals surface area contributed by atoms with Crippen molar-refractivity contribution in [3.63, 3.8) is 0 Å². The molecule has 0 radical (unpaired) electrons. The summed E-state index contributed by atoms with van der Waals surface area (Å²) in [5, 5.41) is 10.1. The monoisotopic (exact) mass is 281 g/mol. The molecule has 1 aliphatic heterocycles. The molecule has 1 N–H and O–H groups in total. The summed E-state index contributed by atoms with van der Waals surface area (Å²) in [6, 6.07) is 5.28. The van der Waals surface area contributed by atoms with Crippen LogP contribution in [0.3, 0.4) is 0 Å². The second-order valence-electron chi connectivity index (χ2n) is 5.14. The number of benzene rings is 1. The molecule has 4 heteroatoms. The third-order valence-electron chi connectivity index (χ3n) is 3.77. The fourth-order valence-corrected chi connectivity index (χ4v) is 2.88.